The monoisotopic (exact) mass is 456 g/mol. The van der Waals surface area contributed by atoms with Crippen molar-refractivity contribution in [3.63, 3.8) is 0 Å². The molecule has 10 heteroatoms. The first-order valence-corrected chi connectivity index (χ1v) is 11.0. The highest BCUT2D eigenvalue weighted by Crippen LogP contribution is 2.32. The Morgan fingerprint density at radius 1 is 0.903 bits per heavy atom. The fourth-order valence-electron chi connectivity index (χ4n) is 3.53. The van der Waals surface area contributed by atoms with Crippen LogP contribution in [-0.2, 0) is 10.0 Å². The van der Waals surface area contributed by atoms with Gasteiger partial charge in [-0.05, 0) is 72.5 Å². The molecule has 0 amide bonds. The van der Waals surface area contributed by atoms with E-state index in [1.807, 2.05) is 26.0 Å². The Balaban J connectivity index is 1.76. The van der Waals surface area contributed by atoms with Gasteiger partial charge in [-0.2, -0.15) is 0 Å². The van der Waals surface area contributed by atoms with Gasteiger partial charge in [0.1, 0.15) is 4.90 Å². The third-order valence-corrected chi connectivity index (χ3v) is 6.66. The molecule has 4 aromatic rings. The molecule has 8 nitrogen and oxygen atoms in total. The number of aromatic nitrogens is 3. The third kappa shape index (κ3) is 3.97. The van der Waals surface area contributed by atoms with Crippen LogP contribution >= 0.6 is 11.6 Å². The number of benzene rings is 2. The van der Waals surface area contributed by atoms with Crippen LogP contribution in [0.15, 0.2) is 63.3 Å². The average molecular weight is 457 g/mol. The standard InChI is InChI=1S/C21H17ClN4O4S/c1-11-7-14(8-12(2)19(11)13-3-5-23-6-4-13)26-31(29,30)18-10-17-16(9-15(18)22)24-20(27)21(28)25-17/h3-10,26H,1-2H3,(H,24,27)(H,25,28). The second-order valence-electron chi connectivity index (χ2n) is 7.06. The normalized spacial score (nSPS) is 11.6. The van der Waals surface area contributed by atoms with Crippen molar-refractivity contribution in [2.75, 3.05) is 4.72 Å². The molecule has 0 saturated carbocycles. The molecule has 0 aliphatic rings. The van der Waals surface area contributed by atoms with E-state index < -0.39 is 21.1 Å². The van der Waals surface area contributed by atoms with Gasteiger partial charge in [-0.3, -0.25) is 19.3 Å². The largest absolute Gasteiger partial charge is 0.316 e. The second-order valence-corrected chi connectivity index (χ2v) is 9.12. The van der Waals surface area contributed by atoms with Crippen LogP contribution in [-0.4, -0.2) is 23.4 Å². The van der Waals surface area contributed by atoms with Crippen LogP contribution in [0.1, 0.15) is 11.1 Å². The Hall–Kier alpha value is -3.43. The molecule has 2 aromatic heterocycles. The second kappa shape index (κ2) is 7.68. The summed E-state index contributed by atoms with van der Waals surface area (Å²) >= 11 is 6.17. The number of aryl methyl sites for hydroxylation is 2. The summed E-state index contributed by atoms with van der Waals surface area (Å²) < 4.78 is 28.6. The van der Waals surface area contributed by atoms with E-state index in [4.69, 9.17) is 11.6 Å². The first-order chi connectivity index (χ1) is 14.7. The number of rotatable bonds is 4. The minimum atomic E-state index is -4.08. The number of nitrogens with one attached hydrogen (secondary N) is 3. The summed E-state index contributed by atoms with van der Waals surface area (Å²) in [6.45, 7) is 3.79. The SMILES string of the molecule is Cc1cc(NS(=O)(=O)c2cc3[nH]c(=O)c(=O)[nH]c3cc2Cl)cc(C)c1-c1ccncc1. The van der Waals surface area contributed by atoms with Crippen LogP contribution in [0.25, 0.3) is 22.2 Å². The minimum absolute atomic E-state index is 0.0930. The van der Waals surface area contributed by atoms with Crippen LogP contribution in [0.5, 0.6) is 0 Å². The van der Waals surface area contributed by atoms with Crippen LogP contribution in [0, 0.1) is 13.8 Å². The van der Waals surface area contributed by atoms with Gasteiger partial charge in [0.05, 0.1) is 16.1 Å². The number of pyridine rings is 1. The molecule has 0 saturated heterocycles. The number of hydrogen-bond donors (Lipinski definition) is 3. The predicted octanol–water partition coefficient (Wildman–Crippen LogP) is 3.35. The van der Waals surface area contributed by atoms with Crippen LogP contribution in [0.4, 0.5) is 5.69 Å². The molecule has 0 bridgehead atoms. The molecule has 0 atom stereocenters. The first-order valence-electron chi connectivity index (χ1n) is 9.16. The maximum absolute atomic E-state index is 13.0. The van der Waals surface area contributed by atoms with Crippen molar-refractivity contribution >= 4 is 38.3 Å². The van der Waals surface area contributed by atoms with Crippen molar-refractivity contribution in [3.8, 4) is 11.1 Å². The summed E-state index contributed by atoms with van der Waals surface area (Å²) in [5.41, 5.74) is 2.76. The highest BCUT2D eigenvalue weighted by Gasteiger charge is 2.21. The molecule has 3 N–H and O–H groups in total. The summed E-state index contributed by atoms with van der Waals surface area (Å²) in [5, 5.41) is -0.0930. The van der Waals surface area contributed by atoms with E-state index in [1.165, 1.54) is 12.1 Å². The fraction of sp³-hybridized carbons (Fsp3) is 0.0952. The van der Waals surface area contributed by atoms with Crippen molar-refractivity contribution < 1.29 is 8.42 Å². The van der Waals surface area contributed by atoms with E-state index in [0.717, 1.165) is 22.3 Å². The number of H-pyrrole nitrogens is 2. The Morgan fingerprint density at radius 2 is 1.45 bits per heavy atom. The zero-order chi connectivity index (χ0) is 22.3. The van der Waals surface area contributed by atoms with E-state index in [9.17, 15) is 18.0 Å². The highest BCUT2D eigenvalue weighted by atomic mass is 35.5. The third-order valence-electron chi connectivity index (χ3n) is 4.82. The maximum atomic E-state index is 13.0. The van der Waals surface area contributed by atoms with E-state index in [0.29, 0.717) is 5.69 Å². The summed E-state index contributed by atoms with van der Waals surface area (Å²) in [5.74, 6) is 0. The zero-order valence-electron chi connectivity index (χ0n) is 16.5. The zero-order valence-corrected chi connectivity index (χ0v) is 18.1. The maximum Gasteiger partial charge on any atom is 0.314 e. The molecule has 2 heterocycles. The van der Waals surface area contributed by atoms with Crippen LogP contribution in [0.3, 0.4) is 0 Å². The van der Waals surface area contributed by atoms with Gasteiger partial charge in [0.15, 0.2) is 0 Å². The highest BCUT2D eigenvalue weighted by molar-refractivity contribution is 7.92. The Bertz CT molecular complexity index is 1520. The number of fused-ring (bicyclic) bond motifs is 1. The summed E-state index contributed by atoms with van der Waals surface area (Å²) in [6.07, 6.45) is 3.40. The molecule has 0 radical (unpaired) electrons. The van der Waals surface area contributed by atoms with Crippen molar-refractivity contribution in [2.45, 2.75) is 18.7 Å². The lowest BCUT2D eigenvalue weighted by Crippen LogP contribution is -2.29. The van der Waals surface area contributed by atoms with Crippen molar-refractivity contribution in [3.05, 3.63) is 85.6 Å². The van der Waals surface area contributed by atoms with Gasteiger partial charge in [0, 0.05) is 18.1 Å². The first kappa shape index (κ1) is 20.8. The van der Waals surface area contributed by atoms with E-state index in [-0.39, 0.29) is 21.0 Å². The van der Waals surface area contributed by atoms with Gasteiger partial charge in [0.25, 0.3) is 10.0 Å². The fourth-order valence-corrected chi connectivity index (χ4v) is 5.13. The molecule has 0 fully saturated rings. The van der Waals surface area contributed by atoms with Crippen LogP contribution in [0.2, 0.25) is 5.02 Å². The van der Waals surface area contributed by atoms with Crippen molar-refractivity contribution in [1.29, 1.82) is 0 Å². The average Bonchev–Trinajstić information content (AvgIpc) is 2.68. The van der Waals surface area contributed by atoms with Crippen molar-refractivity contribution in [1.82, 2.24) is 15.0 Å². The molecule has 31 heavy (non-hydrogen) atoms. The molecular formula is C21H17ClN4O4S. The number of nitrogens with zero attached hydrogens (tertiary/aromatic N) is 1. The molecule has 0 spiro atoms. The smallest absolute Gasteiger partial charge is 0.314 e. The van der Waals surface area contributed by atoms with Gasteiger partial charge in [-0.1, -0.05) is 11.6 Å². The summed E-state index contributed by atoms with van der Waals surface area (Å²) in [6, 6.07) is 9.73. The summed E-state index contributed by atoms with van der Waals surface area (Å²) in [7, 11) is -4.08. The molecule has 0 aliphatic heterocycles. The molecule has 158 valence electrons. The Kier molecular flexibility index (Phi) is 5.16. The Labute approximate surface area is 182 Å². The summed E-state index contributed by atoms with van der Waals surface area (Å²) in [4.78, 5) is 31.6. The number of sulfonamides is 1. The molecular weight excluding hydrogens is 440 g/mol. The van der Waals surface area contributed by atoms with E-state index in [1.54, 1.807) is 24.5 Å². The molecule has 0 unspecified atom stereocenters. The van der Waals surface area contributed by atoms with Crippen molar-refractivity contribution in [2.24, 2.45) is 0 Å². The lowest BCUT2D eigenvalue weighted by molar-refractivity contribution is 0.601. The lowest BCUT2D eigenvalue weighted by atomic mass is 9.96. The Morgan fingerprint density at radius 3 is 2.03 bits per heavy atom. The van der Waals surface area contributed by atoms with Gasteiger partial charge >= 0.3 is 11.1 Å². The molecule has 0 aliphatic carbocycles. The molecule has 4 rings (SSSR count). The van der Waals surface area contributed by atoms with Gasteiger partial charge in [0.2, 0.25) is 0 Å². The predicted molar refractivity (Wildman–Crippen MR) is 120 cm³/mol. The number of anilines is 1. The number of aromatic amines is 2. The number of hydrogen-bond acceptors (Lipinski definition) is 5. The van der Waals surface area contributed by atoms with Crippen LogP contribution < -0.4 is 15.8 Å². The van der Waals surface area contributed by atoms with E-state index in [2.05, 4.69) is 19.7 Å². The van der Waals surface area contributed by atoms with Gasteiger partial charge in [-0.25, -0.2) is 8.42 Å². The molecule has 2 aromatic carbocycles. The van der Waals surface area contributed by atoms with Gasteiger partial charge in [-0.15, -0.1) is 0 Å². The van der Waals surface area contributed by atoms with E-state index >= 15 is 0 Å². The number of halogens is 1. The minimum Gasteiger partial charge on any atom is -0.316 e. The quantitative estimate of drug-likeness (QED) is 0.406. The topological polar surface area (TPSA) is 125 Å². The lowest BCUT2D eigenvalue weighted by Gasteiger charge is -2.15. The van der Waals surface area contributed by atoms with Gasteiger partial charge < -0.3 is 9.97 Å².